The maximum atomic E-state index is 7.31. The van der Waals surface area contributed by atoms with Crippen molar-refractivity contribution in [1.82, 2.24) is 14.5 Å². The van der Waals surface area contributed by atoms with Gasteiger partial charge in [0.25, 0.3) is 0 Å². The third-order valence-electron chi connectivity index (χ3n) is 12.5. The predicted molar refractivity (Wildman–Crippen MR) is 275 cm³/mol. The van der Waals surface area contributed by atoms with Crippen LogP contribution in [0.1, 0.15) is 219 Å². The molecular formula is C54H94N5O5P. The molecule has 0 spiro atoms. The molecule has 2 atom stereocenters. The highest BCUT2D eigenvalue weighted by atomic mass is 31.2. The number of hydrogen-bond donors (Lipinski definition) is 1. The quantitative estimate of drug-likeness (QED) is 0.0339. The second-order valence-corrected chi connectivity index (χ2v) is 19.5. The van der Waals surface area contributed by atoms with Crippen LogP contribution in [0, 0.1) is 6.57 Å². The lowest BCUT2D eigenvalue weighted by atomic mass is 10.0. The van der Waals surface area contributed by atoms with Crippen LogP contribution in [0.3, 0.4) is 0 Å². The van der Waals surface area contributed by atoms with Gasteiger partial charge in [-0.1, -0.05) is 212 Å². The maximum Gasteiger partial charge on any atom is 0.333 e. The first-order chi connectivity index (χ1) is 32.1. The second kappa shape index (κ2) is 39.6. The smallest absolute Gasteiger partial charge is 0.333 e. The Morgan fingerprint density at radius 3 is 1.65 bits per heavy atom. The minimum Gasteiger partial charge on any atom is -0.382 e. The molecule has 0 amide bonds. The third kappa shape index (κ3) is 26.1. The van der Waals surface area contributed by atoms with Crippen molar-refractivity contribution in [2.75, 3.05) is 51.9 Å². The SMILES string of the molecule is [C-]#[N+]CCOP(OCCn1c(CCCC)nc2c(N)nc3ccccc3c21)OC[C@@H](COCCCCCCCCCCCCCCCC)OCCCCCCCCCCCCCCCC. The Morgan fingerprint density at radius 2 is 1.09 bits per heavy atom. The van der Waals surface area contributed by atoms with Gasteiger partial charge in [-0.3, -0.25) is 0 Å². The summed E-state index contributed by atoms with van der Waals surface area (Å²) in [5.41, 5.74) is 9.01. The number of aryl methyl sites for hydroxylation is 1. The second-order valence-electron chi connectivity index (χ2n) is 18.3. The van der Waals surface area contributed by atoms with E-state index in [9.17, 15) is 0 Å². The van der Waals surface area contributed by atoms with Gasteiger partial charge in [0.1, 0.15) is 24.1 Å². The molecule has 2 heterocycles. The lowest BCUT2D eigenvalue weighted by molar-refractivity contribution is -0.0424. The molecule has 0 radical (unpaired) electrons. The molecule has 10 nitrogen and oxygen atoms in total. The fourth-order valence-electron chi connectivity index (χ4n) is 8.60. The minimum absolute atomic E-state index is 0.221. The van der Waals surface area contributed by atoms with Crippen molar-refractivity contribution in [3.8, 4) is 0 Å². The Hall–Kier alpha value is -2.38. The summed E-state index contributed by atoms with van der Waals surface area (Å²) in [4.78, 5) is 13.1. The highest BCUT2D eigenvalue weighted by molar-refractivity contribution is 7.41. The van der Waals surface area contributed by atoms with Crippen molar-refractivity contribution >= 4 is 36.4 Å². The van der Waals surface area contributed by atoms with Gasteiger partial charge in [-0.05, 0) is 25.3 Å². The molecule has 0 saturated heterocycles. The molecule has 1 aromatic carbocycles. The minimum atomic E-state index is -1.72. The fraction of sp³-hybridized carbons (Fsp3) is 0.796. The molecule has 0 saturated carbocycles. The van der Waals surface area contributed by atoms with Crippen molar-refractivity contribution in [3.05, 3.63) is 41.5 Å². The van der Waals surface area contributed by atoms with Crippen LogP contribution >= 0.6 is 8.60 Å². The predicted octanol–water partition coefficient (Wildman–Crippen LogP) is 16.1. The van der Waals surface area contributed by atoms with Crippen molar-refractivity contribution < 1.29 is 23.0 Å². The number of nitrogens with zero attached hydrogens (tertiary/aromatic N) is 4. The van der Waals surface area contributed by atoms with Crippen LogP contribution in [0.2, 0.25) is 0 Å². The summed E-state index contributed by atoms with van der Waals surface area (Å²) in [5, 5.41) is 1.02. The molecule has 1 unspecified atom stereocenters. The Kier molecular flexibility index (Phi) is 34.7. The highest BCUT2D eigenvalue weighted by Crippen LogP contribution is 2.40. The number of nitrogen functional groups attached to an aromatic ring is 1. The van der Waals surface area contributed by atoms with Gasteiger partial charge in [0.05, 0.1) is 30.9 Å². The molecule has 3 rings (SSSR count). The van der Waals surface area contributed by atoms with Gasteiger partial charge in [-0.15, -0.1) is 0 Å². The molecule has 2 aromatic heterocycles. The normalized spacial score (nSPS) is 12.7. The molecule has 65 heavy (non-hydrogen) atoms. The number of rotatable bonds is 46. The van der Waals surface area contributed by atoms with E-state index in [1.165, 1.54) is 167 Å². The highest BCUT2D eigenvalue weighted by Gasteiger charge is 2.21. The molecule has 0 aliphatic heterocycles. The number of para-hydroxylation sites is 1. The Morgan fingerprint density at radius 1 is 0.585 bits per heavy atom. The zero-order valence-corrected chi connectivity index (χ0v) is 42.7. The average molecular weight is 924 g/mol. The van der Waals surface area contributed by atoms with Crippen LogP contribution < -0.4 is 5.73 Å². The van der Waals surface area contributed by atoms with Crippen LogP contribution in [0.4, 0.5) is 5.82 Å². The topological polar surface area (TPSA) is 107 Å². The first-order valence-electron chi connectivity index (χ1n) is 26.9. The molecule has 0 bridgehead atoms. The van der Waals surface area contributed by atoms with Gasteiger partial charge < -0.3 is 38.2 Å². The number of pyridine rings is 1. The number of nitrogens with two attached hydrogens (primary N) is 1. The first-order valence-corrected chi connectivity index (χ1v) is 28.0. The number of fused-ring (bicyclic) bond motifs is 3. The van der Waals surface area contributed by atoms with Gasteiger partial charge >= 0.3 is 8.60 Å². The zero-order valence-electron chi connectivity index (χ0n) is 41.8. The average Bonchev–Trinajstić information content (AvgIpc) is 3.69. The number of ether oxygens (including phenoxy) is 2. The van der Waals surface area contributed by atoms with Crippen molar-refractivity contribution in [2.24, 2.45) is 0 Å². The number of hydrogen-bond acceptors (Lipinski definition) is 8. The molecular weight excluding hydrogens is 830 g/mol. The Balaban J connectivity index is 1.46. The van der Waals surface area contributed by atoms with E-state index in [0.717, 1.165) is 66.5 Å². The summed E-state index contributed by atoms with van der Waals surface area (Å²) in [5.74, 6) is 1.42. The van der Waals surface area contributed by atoms with Crippen molar-refractivity contribution in [3.63, 3.8) is 0 Å². The number of anilines is 1. The monoisotopic (exact) mass is 924 g/mol. The van der Waals surface area contributed by atoms with Gasteiger partial charge in [-0.25, -0.2) is 16.5 Å². The van der Waals surface area contributed by atoms with E-state index >= 15 is 0 Å². The van der Waals surface area contributed by atoms with E-state index < -0.39 is 8.60 Å². The van der Waals surface area contributed by atoms with Crippen LogP contribution in [-0.4, -0.2) is 66.8 Å². The third-order valence-corrected chi connectivity index (χ3v) is 13.7. The lowest BCUT2D eigenvalue weighted by Crippen LogP contribution is -2.26. The van der Waals surface area contributed by atoms with Gasteiger partial charge in [0.2, 0.25) is 6.54 Å². The molecule has 3 aromatic rings. The standard InChI is InChI=1S/C54H94N5O5P/c1-5-8-11-13-15-17-19-21-23-25-27-29-31-35-42-60-46-48(61-43-36-32-30-28-26-24-22-20-18-16-14-12-9-6-2)47-64-65(62-44-40-56-4)63-45-41-59-51(39-10-7-3)58-52-53(59)49-37-33-34-38-50(49)57-54(52)55/h33-34,37-38,48H,5-32,35-36,39-47H2,1-3H3,(H2,55,57)/t48-,65?/m1/s1. The maximum absolute atomic E-state index is 7.31. The largest absolute Gasteiger partial charge is 0.382 e. The molecule has 0 aliphatic rings. The lowest BCUT2D eigenvalue weighted by Gasteiger charge is -2.22. The van der Waals surface area contributed by atoms with Crippen molar-refractivity contribution in [1.29, 1.82) is 0 Å². The summed E-state index contributed by atoms with van der Waals surface area (Å²) < 4.78 is 33.6. The summed E-state index contributed by atoms with van der Waals surface area (Å²) in [6.45, 7) is 17.7. The molecule has 0 aliphatic carbocycles. The fourth-order valence-corrected chi connectivity index (χ4v) is 9.57. The van der Waals surface area contributed by atoms with Crippen LogP contribution in [0.15, 0.2) is 24.3 Å². The molecule has 11 heteroatoms. The Labute approximate surface area is 398 Å². The summed E-state index contributed by atoms with van der Waals surface area (Å²) in [6.07, 6.45) is 40.1. The summed E-state index contributed by atoms with van der Waals surface area (Å²) in [6, 6.07) is 8.08. The van der Waals surface area contributed by atoms with Gasteiger partial charge in [-0.2, -0.15) is 0 Å². The number of aromatic nitrogens is 3. The summed E-state index contributed by atoms with van der Waals surface area (Å²) >= 11 is 0. The molecule has 0 fully saturated rings. The van der Waals surface area contributed by atoms with E-state index in [4.69, 9.17) is 40.3 Å². The number of imidazole rings is 1. The number of unbranched alkanes of at least 4 members (excludes halogenated alkanes) is 27. The van der Waals surface area contributed by atoms with Gasteiger partial charge in [0, 0.05) is 31.6 Å². The van der Waals surface area contributed by atoms with E-state index in [2.05, 4.69) is 41.2 Å². The van der Waals surface area contributed by atoms with Crippen LogP contribution in [0.5, 0.6) is 0 Å². The van der Waals surface area contributed by atoms with E-state index in [1.54, 1.807) is 0 Å². The zero-order chi connectivity index (χ0) is 46.3. The van der Waals surface area contributed by atoms with Gasteiger partial charge in [0.15, 0.2) is 5.82 Å². The van der Waals surface area contributed by atoms with Crippen LogP contribution in [-0.2, 0) is 36.0 Å². The van der Waals surface area contributed by atoms with Crippen LogP contribution in [0.25, 0.3) is 26.8 Å². The van der Waals surface area contributed by atoms with Crippen molar-refractivity contribution in [2.45, 2.75) is 232 Å². The van der Waals surface area contributed by atoms with E-state index in [-0.39, 0.29) is 19.3 Å². The molecule has 370 valence electrons. The number of benzene rings is 1. The summed E-state index contributed by atoms with van der Waals surface area (Å²) in [7, 11) is -1.72. The van der Waals surface area contributed by atoms with E-state index in [1.807, 2.05) is 18.2 Å². The van der Waals surface area contributed by atoms with E-state index in [0.29, 0.717) is 38.8 Å². The first kappa shape index (κ1) is 56.9. The molecule has 2 N–H and O–H groups in total. The Bertz CT molecular complexity index is 1620.